The minimum absolute atomic E-state index is 0.0783. The van der Waals surface area contributed by atoms with E-state index in [0.717, 1.165) is 15.7 Å². The summed E-state index contributed by atoms with van der Waals surface area (Å²) in [5.74, 6) is 0.666. The highest BCUT2D eigenvalue weighted by Crippen LogP contribution is 2.37. The van der Waals surface area contributed by atoms with Crippen molar-refractivity contribution in [1.82, 2.24) is 5.32 Å². The number of benzene rings is 1. The van der Waals surface area contributed by atoms with Crippen LogP contribution in [0.25, 0.3) is 0 Å². The van der Waals surface area contributed by atoms with Crippen LogP contribution in [0.4, 0.5) is 5.69 Å². The van der Waals surface area contributed by atoms with Gasteiger partial charge in [-0.3, -0.25) is 9.59 Å². The van der Waals surface area contributed by atoms with E-state index in [9.17, 15) is 9.59 Å². The molecule has 1 aromatic rings. The van der Waals surface area contributed by atoms with Gasteiger partial charge in [-0.2, -0.15) is 0 Å². The monoisotopic (exact) mass is 372 g/mol. The maximum atomic E-state index is 11.7. The van der Waals surface area contributed by atoms with Gasteiger partial charge in [-0.15, -0.1) is 0 Å². The van der Waals surface area contributed by atoms with Crippen molar-refractivity contribution in [3.05, 3.63) is 27.8 Å². The Balaban J connectivity index is 1.67. The fourth-order valence-electron chi connectivity index (χ4n) is 1.87. The standard InChI is InChI=1S/C14H17IN2O2/c1-9-8-12(9)14(19)16-7-6-13(18)17-11-4-2-10(15)3-5-11/h2-5,9,12H,6-8H2,1H3,(H,16,19)(H,17,18)/t9-,12-/m0/s1. The average molecular weight is 372 g/mol. The molecule has 102 valence electrons. The van der Waals surface area contributed by atoms with Crippen LogP contribution in [0.3, 0.4) is 0 Å². The number of amides is 2. The summed E-state index contributed by atoms with van der Waals surface area (Å²) < 4.78 is 1.13. The van der Waals surface area contributed by atoms with Gasteiger partial charge in [-0.05, 0) is 59.2 Å². The summed E-state index contributed by atoms with van der Waals surface area (Å²) in [5.41, 5.74) is 0.785. The maximum absolute atomic E-state index is 11.7. The minimum Gasteiger partial charge on any atom is -0.355 e. The molecule has 1 aromatic carbocycles. The maximum Gasteiger partial charge on any atom is 0.226 e. The number of hydrogen-bond donors (Lipinski definition) is 2. The first-order valence-electron chi connectivity index (χ1n) is 6.39. The molecule has 1 aliphatic rings. The molecule has 4 nitrogen and oxygen atoms in total. The summed E-state index contributed by atoms with van der Waals surface area (Å²) in [6.07, 6.45) is 1.28. The van der Waals surface area contributed by atoms with E-state index in [-0.39, 0.29) is 17.7 Å². The Labute approximate surface area is 126 Å². The molecule has 0 aliphatic heterocycles. The Kier molecular flexibility index (Phi) is 4.79. The summed E-state index contributed by atoms with van der Waals surface area (Å²) in [5, 5.41) is 5.60. The third-order valence-corrected chi connectivity index (χ3v) is 3.94. The van der Waals surface area contributed by atoms with Crippen LogP contribution in [-0.4, -0.2) is 18.4 Å². The van der Waals surface area contributed by atoms with Crippen LogP contribution >= 0.6 is 22.6 Å². The fraction of sp³-hybridized carbons (Fsp3) is 0.429. The molecule has 0 spiro atoms. The molecular formula is C14H17IN2O2. The molecule has 0 radical (unpaired) electrons. The van der Waals surface area contributed by atoms with Crippen molar-refractivity contribution in [2.24, 2.45) is 11.8 Å². The Bertz CT molecular complexity index is 473. The first kappa shape index (κ1) is 14.3. The first-order chi connectivity index (χ1) is 9.06. The minimum atomic E-state index is -0.0784. The van der Waals surface area contributed by atoms with Crippen LogP contribution in [0.2, 0.25) is 0 Å². The van der Waals surface area contributed by atoms with Gasteiger partial charge in [0.2, 0.25) is 11.8 Å². The highest BCUT2D eigenvalue weighted by atomic mass is 127. The molecule has 0 unspecified atom stereocenters. The molecule has 0 aromatic heterocycles. The van der Waals surface area contributed by atoms with E-state index in [1.165, 1.54) is 0 Å². The SMILES string of the molecule is C[C@H]1C[C@@H]1C(=O)NCCC(=O)Nc1ccc(I)cc1. The number of carbonyl (C=O) groups is 2. The number of halogens is 1. The van der Waals surface area contributed by atoms with Crippen molar-refractivity contribution >= 4 is 40.1 Å². The molecule has 1 saturated carbocycles. The summed E-state index contributed by atoms with van der Waals surface area (Å²) in [4.78, 5) is 23.2. The lowest BCUT2D eigenvalue weighted by Crippen LogP contribution is -2.29. The number of carbonyl (C=O) groups excluding carboxylic acids is 2. The number of anilines is 1. The van der Waals surface area contributed by atoms with Gasteiger partial charge in [0.05, 0.1) is 0 Å². The molecule has 1 aliphatic carbocycles. The highest BCUT2D eigenvalue weighted by Gasteiger charge is 2.38. The van der Waals surface area contributed by atoms with E-state index >= 15 is 0 Å². The van der Waals surface area contributed by atoms with Gasteiger partial charge < -0.3 is 10.6 Å². The van der Waals surface area contributed by atoms with Crippen molar-refractivity contribution in [3.63, 3.8) is 0 Å². The van der Waals surface area contributed by atoms with Crippen molar-refractivity contribution < 1.29 is 9.59 Å². The van der Waals surface area contributed by atoms with Crippen LogP contribution in [0, 0.1) is 15.4 Å². The molecule has 2 rings (SSSR count). The van der Waals surface area contributed by atoms with E-state index in [2.05, 4.69) is 40.1 Å². The van der Waals surface area contributed by atoms with Gasteiger partial charge in [0.15, 0.2) is 0 Å². The number of hydrogen-bond acceptors (Lipinski definition) is 2. The molecule has 0 heterocycles. The van der Waals surface area contributed by atoms with E-state index in [1.54, 1.807) is 0 Å². The largest absolute Gasteiger partial charge is 0.355 e. The summed E-state index contributed by atoms with van der Waals surface area (Å²) >= 11 is 2.21. The second-order valence-corrected chi connectivity index (χ2v) is 6.16. The second-order valence-electron chi connectivity index (χ2n) is 4.92. The number of rotatable bonds is 5. The van der Waals surface area contributed by atoms with Crippen molar-refractivity contribution in [3.8, 4) is 0 Å². The molecule has 2 N–H and O–H groups in total. The van der Waals surface area contributed by atoms with E-state index in [0.29, 0.717) is 18.9 Å². The zero-order valence-electron chi connectivity index (χ0n) is 10.8. The van der Waals surface area contributed by atoms with E-state index < -0.39 is 0 Å². The quantitative estimate of drug-likeness (QED) is 0.780. The van der Waals surface area contributed by atoms with E-state index in [1.807, 2.05) is 24.3 Å². The third kappa shape index (κ3) is 4.49. The third-order valence-electron chi connectivity index (χ3n) is 3.23. The lowest BCUT2D eigenvalue weighted by Gasteiger charge is -2.06. The van der Waals surface area contributed by atoms with Crippen LogP contribution in [-0.2, 0) is 9.59 Å². The van der Waals surface area contributed by atoms with Crippen molar-refractivity contribution in [1.29, 1.82) is 0 Å². The Morgan fingerprint density at radius 1 is 1.32 bits per heavy atom. The van der Waals surface area contributed by atoms with Gasteiger partial charge in [0.25, 0.3) is 0 Å². The molecule has 0 bridgehead atoms. The van der Waals surface area contributed by atoms with Crippen LogP contribution in [0.1, 0.15) is 19.8 Å². The molecule has 5 heteroatoms. The highest BCUT2D eigenvalue weighted by molar-refractivity contribution is 14.1. The zero-order valence-corrected chi connectivity index (χ0v) is 12.9. The average Bonchev–Trinajstić information content (AvgIpc) is 3.09. The topological polar surface area (TPSA) is 58.2 Å². The fourth-order valence-corrected chi connectivity index (χ4v) is 2.23. The van der Waals surface area contributed by atoms with Gasteiger partial charge >= 0.3 is 0 Å². The van der Waals surface area contributed by atoms with E-state index in [4.69, 9.17) is 0 Å². The molecule has 2 atom stereocenters. The summed E-state index contributed by atoms with van der Waals surface area (Å²) in [6.45, 7) is 2.46. The van der Waals surface area contributed by atoms with Crippen LogP contribution in [0.5, 0.6) is 0 Å². The van der Waals surface area contributed by atoms with Gasteiger partial charge in [-0.1, -0.05) is 6.92 Å². The molecule has 2 amide bonds. The molecular weight excluding hydrogens is 355 g/mol. The summed E-state index contributed by atoms with van der Waals surface area (Å²) in [6, 6.07) is 7.60. The Hall–Kier alpha value is -1.11. The Morgan fingerprint density at radius 3 is 2.53 bits per heavy atom. The normalized spacial score (nSPS) is 20.7. The predicted molar refractivity (Wildman–Crippen MR) is 82.7 cm³/mol. The van der Waals surface area contributed by atoms with Crippen LogP contribution in [0.15, 0.2) is 24.3 Å². The predicted octanol–water partition coefficient (Wildman–Crippen LogP) is 2.39. The second kappa shape index (κ2) is 6.36. The van der Waals surface area contributed by atoms with Gasteiger partial charge in [-0.25, -0.2) is 0 Å². The molecule has 1 fully saturated rings. The Morgan fingerprint density at radius 2 is 1.95 bits per heavy atom. The molecule has 19 heavy (non-hydrogen) atoms. The summed E-state index contributed by atoms with van der Waals surface area (Å²) in [7, 11) is 0. The van der Waals surface area contributed by atoms with Crippen molar-refractivity contribution in [2.75, 3.05) is 11.9 Å². The molecule has 0 saturated heterocycles. The first-order valence-corrected chi connectivity index (χ1v) is 7.47. The lowest BCUT2D eigenvalue weighted by molar-refractivity contribution is -0.122. The lowest BCUT2D eigenvalue weighted by atomic mass is 10.3. The number of nitrogens with one attached hydrogen (secondary N) is 2. The van der Waals surface area contributed by atoms with Gasteiger partial charge in [0, 0.05) is 28.1 Å². The van der Waals surface area contributed by atoms with Crippen LogP contribution < -0.4 is 10.6 Å². The van der Waals surface area contributed by atoms with Crippen molar-refractivity contribution in [2.45, 2.75) is 19.8 Å². The van der Waals surface area contributed by atoms with Gasteiger partial charge in [0.1, 0.15) is 0 Å². The zero-order chi connectivity index (χ0) is 13.8. The smallest absolute Gasteiger partial charge is 0.226 e.